The normalized spacial score (nSPS) is 12.2. The highest BCUT2D eigenvalue weighted by molar-refractivity contribution is 5.76. The van der Waals surface area contributed by atoms with Gasteiger partial charge in [-0.1, -0.05) is 26.7 Å². The third-order valence-electron chi connectivity index (χ3n) is 1.89. The van der Waals surface area contributed by atoms with Crippen LogP contribution in [0, 0.1) is 18.3 Å². The highest BCUT2D eigenvalue weighted by Gasteiger charge is 2.07. The minimum atomic E-state index is -0.0975. The van der Waals surface area contributed by atoms with E-state index in [9.17, 15) is 4.79 Å². The predicted octanol–water partition coefficient (Wildman–Crippen LogP) is 1.95. The molecule has 0 saturated carbocycles. The van der Waals surface area contributed by atoms with E-state index in [1.807, 2.05) is 6.92 Å². The van der Waals surface area contributed by atoms with Crippen LogP contribution in [0.3, 0.4) is 0 Å². The number of amides is 1. The van der Waals surface area contributed by atoms with E-state index in [0.717, 1.165) is 12.8 Å². The first-order valence-electron chi connectivity index (χ1n) is 4.85. The molecule has 1 N–H and O–H groups in total. The van der Waals surface area contributed by atoms with E-state index in [4.69, 9.17) is 6.42 Å². The van der Waals surface area contributed by atoms with Crippen molar-refractivity contribution in [3.63, 3.8) is 0 Å². The van der Waals surface area contributed by atoms with Gasteiger partial charge in [0.25, 0.3) is 0 Å². The monoisotopic (exact) mass is 181 g/mol. The van der Waals surface area contributed by atoms with Gasteiger partial charge in [0.15, 0.2) is 0 Å². The van der Waals surface area contributed by atoms with Crippen LogP contribution >= 0.6 is 0 Å². The number of carbonyl (C=O) groups is 1. The summed E-state index contributed by atoms with van der Waals surface area (Å²) in [7, 11) is 0. The van der Waals surface area contributed by atoms with Crippen molar-refractivity contribution >= 4 is 5.91 Å². The summed E-state index contributed by atoms with van der Waals surface area (Å²) < 4.78 is 0. The average Bonchev–Trinajstić information content (AvgIpc) is 2.10. The summed E-state index contributed by atoms with van der Waals surface area (Å²) in [6, 6.07) is -0.0975. The molecule has 0 aliphatic carbocycles. The number of terminal acetylenes is 1. The molecule has 0 saturated heterocycles. The third kappa shape index (κ3) is 6.21. The van der Waals surface area contributed by atoms with Gasteiger partial charge in [-0.2, -0.15) is 0 Å². The molecule has 13 heavy (non-hydrogen) atoms. The second-order valence-corrected chi connectivity index (χ2v) is 3.63. The van der Waals surface area contributed by atoms with Crippen LogP contribution in [-0.4, -0.2) is 11.9 Å². The Bertz CT molecular complexity index is 191. The van der Waals surface area contributed by atoms with Crippen LogP contribution in [0.15, 0.2) is 0 Å². The molecule has 0 fully saturated rings. The molecule has 0 spiro atoms. The SMILES string of the molecule is C#CC(CC)NC(=O)CCC(C)C. The van der Waals surface area contributed by atoms with Gasteiger partial charge in [0.2, 0.25) is 5.91 Å². The lowest BCUT2D eigenvalue weighted by molar-refractivity contribution is -0.121. The lowest BCUT2D eigenvalue weighted by Gasteiger charge is -2.11. The van der Waals surface area contributed by atoms with E-state index in [1.165, 1.54) is 0 Å². The maximum atomic E-state index is 11.3. The van der Waals surface area contributed by atoms with Crippen LogP contribution in [0.2, 0.25) is 0 Å². The lowest BCUT2D eigenvalue weighted by atomic mass is 10.1. The molecule has 0 aromatic carbocycles. The lowest BCUT2D eigenvalue weighted by Crippen LogP contribution is -2.33. The summed E-state index contributed by atoms with van der Waals surface area (Å²) >= 11 is 0. The molecule has 1 amide bonds. The number of carbonyl (C=O) groups excluding carboxylic acids is 1. The Kier molecular flexibility index (Phi) is 6.05. The minimum Gasteiger partial charge on any atom is -0.342 e. The molecule has 1 unspecified atom stereocenters. The second kappa shape index (κ2) is 6.54. The van der Waals surface area contributed by atoms with Crippen molar-refractivity contribution in [2.45, 2.75) is 46.1 Å². The molecule has 0 bridgehead atoms. The Morgan fingerprint density at radius 2 is 2.15 bits per heavy atom. The van der Waals surface area contributed by atoms with E-state index in [0.29, 0.717) is 12.3 Å². The zero-order valence-electron chi connectivity index (χ0n) is 8.76. The van der Waals surface area contributed by atoms with Crippen LogP contribution < -0.4 is 5.32 Å². The van der Waals surface area contributed by atoms with Gasteiger partial charge < -0.3 is 5.32 Å². The van der Waals surface area contributed by atoms with E-state index in [2.05, 4.69) is 25.1 Å². The summed E-state index contributed by atoms with van der Waals surface area (Å²) in [6.45, 7) is 6.17. The Morgan fingerprint density at radius 3 is 2.54 bits per heavy atom. The summed E-state index contributed by atoms with van der Waals surface area (Å²) in [6.07, 6.45) is 7.52. The van der Waals surface area contributed by atoms with Gasteiger partial charge in [0.05, 0.1) is 6.04 Å². The number of hydrogen-bond donors (Lipinski definition) is 1. The standard InChI is InChI=1S/C11H19NO/c1-5-10(6-2)12-11(13)8-7-9(3)4/h1,9-10H,6-8H2,2-4H3,(H,12,13). The first kappa shape index (κ1) is 12.0. The molecule has 0 aliphatic heterocycles. The fourth-order valence-electron chi connectivity index (χ4n) is 0.948. The molecular formula is C11H19NO. The van der Waals surface area contributed by atoms with Crippen molar-refractivity contribution in [3.8, 4) is 12.3 Å². The van der Waals surface area contributed by atoms with Gasteiger partial charge >= 0.3 is 0 Å². The highest BCUT2D eigenvalue weighted by Crippen LogP contribution is 2.03. The van der Waals surface area contributed by atoms with E-state index in [-0.39, 0.29) is 11.9 Å². The Balaban J connectivity index is 3.68. The van der Waals surface area contributed by atoms with Crippen LogP contribution in [0.5, 0.6) is 0 Å². The Morgan fingerprint density at radius 1 is 1.54 bits per heavy atom. The van der Waals surface area contributed by atoms with Crippen molar-refractivity contribution < 1.29 is 4.79 Å². The first-order chi connectivity index (χ1) is 6.10. The number of nitrogens with one attached hydrogen (secondary N) is 1. The van der Waals surface area contributed by atoms with Crippen LogP contribution in [0.4, 0.5) is 0 Å². The predicted molar refractivity (Wildman–Crippen MR) is 55.1 cm³/mol. The minimum absolute atomic E-state index is 0.0681. The third-order valence-corrected chi connectivity index (χ3v) is 1.89. The van der Waals surface area contributed by atoms with E-state index >= 15 is 0 Å². The molecule has 0 heterocycles. The molecule has 2 nitrogen and oxygen atoms in total. The topological polar surface area (TPSA) is 29.1 Å². The smallest absolute Gasteiger partial charge is 0.220 e. The maximum absolute atomic E-state index is 11.3. The van der Waals surface area contributed by atoms with Gasteiger partial charge in [0, 0.05) is 6.42 Å². The summed E-state index contributed by atoms with van der Waals surface area (Å²) in [5.74, 6) is 3.17. The molecule has 0 aromatic heterocycles. The summed E-state index contributed by atoms with van der Waals surface area (Å²) in [4.78, 5) is 11.3. The molecule has 1 atom stereocenters. The van der Waals surface area contributed by atoms with Crippen molar-refractivity contribution in [2.24, 2.45) is 5.92 Å². The zero-order valence-corrected chi connectivity index (χ0v) is 8.76. The molecule has 0 radical (unpaired) electrons. The summed E-state index contributed by atoms with van der Waals surface area (Å²) in [5.41, 5.74) is 0. The molecule has 0 rings (SSSR count). The van der Waals surface area contributed by atoms with Crippen molar-refractivity contribution in [3.05, 3.63) is 0 Å². The highest BCUT2D eigenvalue weighted by atomic mass is 16.1. The average molecular weight is 181 g/mol. The second-order valence-electron chi connectivity index (χ2n) is 3.63. The van der Waals surface area contributed by atoms with Crippen molar-refractivity contribution in [2.75, 3.05) is 0 Å². The molecule has 74 valence electrons. The van der Waals surface area contributed by atoms with Gasteiger partial charge in [-0.25, -0.2) is 0 Å². The molecule has 0 aromatic rings. The first-order valence-corrected chi connectivity index (χ1v) is 4.85. The number of rotatable bonds is 5. The van der Waals surface area contributed by atoms with E-state index in [1.54, 1.807) is 0 Å². The van der Waals surface area contributed by atoms with Crippen LogP contribution in [0.1, 0.15) is 40.0 Å². The Hall–Kier alpha value is -0.970. The van der Waals surface area contributed by atoms with Gasteiger partial charge in [-0.3, -0.25) is 4.79 Å². The zero-order chi connectivity index (χ0) is 10.3. The van der Waals surface area contributed by atoms with Gasteiger partial charge in [0.1, 0.15) is 0 Å². The summed E-state index contributed by atoms with van der Waals surface area (Å²) in [5, 5.41) is 2.80. The fourth-order valence-corrected chi connectivity index (χ4v) is 0.948. The number of hydrogen-bond acceptors (Lipinski definition) is 1. The van der Waals surface area contributed by atoms with Gasteiger partial charge in [-0.05, 0) is 18.8 Å². The van der Waals surface area contributed by atoms with Crippen molar-refractivity contribution in [1.82, 2.24) is 5.32 Å². The molecular weight excluding hydrogens is 162 g/mol. The van der Waals surface area contributed by atoms with Crippen LogP contribution in [-0.2, 0) is 4.79 Å². The quantitative estimate of drug-likeness (QED) is 0.645. The van der Waals surface area contributed by atoms with E-state index < -0.39 is 0 Å². The fraction of sp³-hybridized carbons (Fsp3) is 0.727. The Labute approximate surface area is 81.1 Å². The maximum Gasteiger partial charge on any atom is 0.220 e. The van der Waals surface area contributed by atoms with Crippen LogP contribution in [0.25, 0.3) is 0 Å². The van der Waals surface area contributed by atoms with Crippen molar-refractivity contribution in [1.29, 1.82) is 0 Å². The van der Waals surface area contributed by atoms with Gasteiger partial charge in [-0.15, -0.1) is 6.42 Å². The largest absolute Gasteiger partial charge is 0.342 e. The molecule has 0 aliphatic rings. The molecule has 2 heteroatoms.